The van der Waals surface area contributed by atoms with Gasteiger partial charge in [0.2, 0.25) is 5.78 Å². The first-order chi connectivity index (χ1) is 13.1. The van der Waals surface area contributed by atoms with E-state index in [0.29, 0.717) is 12.5 Å². The van der Waals surface area contributed by atoms with Crippen LogP contribution in [0.15, 0.2) is 29.5 Å². The molecule has 0 N–H and O–H groups in total. The molecule has 1 saturated heterocycles. The minimum absolute atomic E-state index is 0.0325. The van der Waals surface area contributed by atoms with Crippen LogP contribution in [0.3, 0.4) is 0 Å². The summed E-state index contributed by atoms with van der Waals surface area (Å²) in [5, 5.41) is 0. The summed E-state index contributed by atoms with van der Waals surface area (Å²) in [6.45, 7) is 0.838. The molecule has 0 aromatic heterocycles. The predicted molar refractivity (Wildman–Crippen MR) is 99.1 cm³/mol. The molecule has 1 saturated carbocycles. The number of likely N-dealkylation sites (tertiary alicyclic amines) is 1. The number of ether oxygens (including phenoxy) is 2. The zero-order chi connectivity index (χ0) is 19.4. The van der Waals surface area contributed by atoms with Crippen molar-refractivity contribution in [3.8, 4) is 5.75 Å². The number of methoxy groups -OCH3 is 2. The van der Waals surface area contributed by atoms with Crippen molar-refractivity contribution in [1.29, 1.82) is 0 Å². The van der Waals surface area contributed by atoms with E-state index in [1.165, 1.54) is 45.6 Å². The molecular weight excluding hydrogens is 349 g/mol. The number of nitrogens with zero attached hydrogens (tertiary/aromatic N) is 1. The fourth-order valence-electron chi connectivity index (χ4n) is 4.16. The number of allylic oxidation sites excluding steroid dienone is 1. The molecule has 2 fully saturated rings. The van der Waals surface area contributed by atoms with Gasteiger partial charge >= 0.3 is 5.97 Å². The van der Waals surface area contributed by atoms with Crippen LogP contribution in [0.1, 0.15) is 55.3 Å². The SMILES string of the molecule is COC(=O)/C(C(=O)c1ccc(OC)c(F)c1)=C1\CCCN1C1CCCCC1. The summed E-state index contributed by atoms with van der Waals surface area (Å²) in [6, 6.07) is 4.35. The van der Waals surface area contributed by atoms with Crippen molar-refractivity contribution < 1.29 is 23.5 Å². The molecule has 2 aliphatic rings. The number of carbonyl (C=O) groups is 2. The second-order valence-electron chi connectivity index (χ2n) is 7.08. The molecule has 0 unspecified atom stereocenters. The third-order valence-electron chi connectivity index (χ3n) is 5.49. The van der Waals surface area contributed by atoms with Crippen LogP contribution in [-0.4, -0.2) is 43.5 Å². The van der Waals surface area contributed by atoms with Gasteiger partial charge in [-0.3, -0.25) is 4.79 Å². The maximum absolute atomic E-state index is 14.1. The van der Waals surface area contributed by atoms with Crippen LogP contribution in [-0.2, 0) is 9.53 Å². The molecule has 6 heteroatoms. The summed E-state index contributed by atoms with van der Waals surface area (Å²) in [7, 11) is 2.63. The van der Waals surface area contributed by atoms with Gasteiger partial charge < -0.3 is 14.4 Å². The van der Waals surface area contributed by atoms with Crippen LogP contribution in [0.5, 0.6) is 5.75 Å². The zero-order valence-corrected chi connectivity index (χ0v) is 15.9. The van der Waals surface area contributed by atoms with Crippen LogP contribution in [0, 0.1) is 5.82 Å². The Morgan fingerprint density at radius 2 is 1.85 bits per heavy atom. The molecule has 1 heterocycles. The average molecular weight is 375 g/mol. The van der Waals surface area contributed by atoms with E-state index >= 15 is 0 Å². The van der Waals surface area contributed by atoms with Crippen LogP contribution >= 0.6 is 0 Å². The highest BCUT2D eigenvalue weighted by Crippen LogP contribution is 2.34. The summed E-state index contributed by atoms with van der Waals surface area (Å²) in [5.41, 5.74) is 0.900. The number of Topliss-reactive ketones (excluding diaryl/α,β-unsaturated/α-hetero) is 1. The maximum atomic E-state index is 14.1. The Bertz CT molecular complexity index is 753. The van der Waals surface area contributed by atoms with Gasteiger partial charge in [-0.15, -0.1) is 0 Å². The van der Waals surface area contributed by atoms with Gasteiger partial charge in [0, 0.05) is 23.8 Å². The van der Waals surface area contributed by atoms with Crippen molar-refractivity contribution in [3.63, 3.8) is 0 Å². The molecule has 0 bridgehead atoms. The summed E-state index contributed by atoms with van der Waals surface area (Å²) < 4.78 is 23.9. The maximum Gasteiger partial charge on any atom is 0.343 e. The number of esters is 1. The van der Waals surface area contributed by atoms with Crippen LogP contribution in [0.4, 0.5) is 4.39 Å². The van der Waals surface area contributed by atoms with Crippen LogP contribution in [0.2, 0.25) is 0 Å². The molecule has 1 aliphatic heterocycles. The highest BCUT2D eigenvalue weighted by molar-refractivity contribution is 6.24. The molecular formula is C21H26FNO4. The number of halogens is 1. The fraction of sp³-hybridized carbons (Fsp3) is 0.524. The summed E-state index contributed by atoms with van der Waals surface area (Å²) >= 11 is 0. The van der Waals surface area contributed by atoms with Gasteiger partial charge in [-0.1, -0.05) is 19.3 Å². The summed E-state index contributed by atoms with van der Waals surface area (Å²) in [5.74, 6) is -1.73. The number of rotatable bonds is 5. The molecule has 0 atom stereocenters. The first-order valence-electron chi connectivity index (χ1n) is 9.53. The monoisotopic (exact) mass is 375 g/mol. The van der Waals surface area contributed by atoms with Gasteiger partial charge in [0.25, 0.3) is 0 Å². The van der Waals surface area contributed by atoms with Crippen molar-refractivity contribution in [2.24, 2.45) is 0 Å². The lowest BCUT2D eigenvalue weighted by Crippen LogP contribution is -2.35. The van der Waals surface area contributed by atoms with Gasteiger partial charge in [0.1, 0.15) is 5.57 Å². The van der Waals surface area contributed by atoms with Crippen LogP contribution < -0.4 is 4.74 Å². The number of carbonyl (C=O) groups excluding carboxylic acids is 2. The lowest BCUT2D eigenvalue weighted by Gasteiger charge is -2.34. The quantitative estimate of drug-likeness (QED) is 0.257. The Labute approximate surface area is 159 Å². The van der Waals surface area contributed by atoms with Crippen molar-refractivity contribution >= 4 is 11.8 Å². The smallest absolute Gasteiger partial charge is 0.343 e. The van der Waals surface area contributed by atoms with Crippen molar-refractivity contribution in [2.45, 2.75) is 51.0 Å². The molecule has 1 aromatic rings. The Hall–Kier alpha value is -2.37. The van der Waals surface area contributed by atoms with E-state index in [-0.39, 0.29) is 16.9 Å². The Kier molecular flexibility index (Phi) is 6.14. The molecule has 0 amide bonds. The minimum atomic E-state index is -0.658. The minimum Gasteiger partial charge on any atom is -0.494 e. The molecule has 146 valence electrons. The first-order valence-corrected chi connectivity index (χ1v) is 9.53. The molecule has 0 radical (unpaired) electrons. The second-order valence-corrected chi connectivity index (χ2v) is 7.08. The molecule has 1 aliphatic carbocycles. The van der Waals surface area contributed by atoms with Gasteiger partial charge in [-0.05, 0) is 43.9 Å². The van der Waals surface area contributed by atoms with Crippen molar-refractivity contribution in [1.82, 2.24) is 4.90 Å². The Morgan fingerprint density at radius 3 is 2.48 bits per heavy atom. The summed E-state index contributed by atoms with van der Waals surface area (Å²) in [4.78, 5) is 27.8. The zero-order valence-electron chi connectivity index (χ0n) is 15.9. The summed E-state index contributed by atoms with van der Waals surface area (Å²) in [6.07, 6.45) is 7.27. The largest absolute Gasteiger partial charge is 0.494 e. The third kappa shape index (κ3) is 3.99. The Balaban J connectivity index is 1.99. The number of hydrogen-bond donors (Lipinski definition) is 0. The van der Waals surface area contributed by atoms with E-state index in [4.69, 9.17) is 9.47 Å². The van der Waals surface area contributed by atoms with E-state index < -0.39 is 17.6 Å². The number of ketones is 1. The Morgan fingerprint density at radius 1 is 1.11 bits per heavy atom. The van der Waals surface area contributed by atoms with Crippen LogP contribution in [0.25, 0.3) is 0 Å². The van der Waals surface area contributed by atoms with E-state index in [2.05, 4.69) is 4.90 Å². The van der Waals surface area contributed by atoms with Gasteiger partial charge in [0.05, 0.1) is 14.2 Å². The lowest BCUT2D eigenvalue weighted by atomic mass is 9.93. The van der Waals surface area contributed by atoms with E-state index in [9.17, 15) is 14.0 Å². The first kappa shape index (κ1) is 19.4. The molecule has 1 aromatic carbocycles. The molecule has 27 heavy (non-hydrogen) atoms. The highest BCUT2D eigenvalue weighted by Gasteiger charge is 2.34. The topological polar surface area (TPSA) is 55.8 Å². The molecule has 0 spiro atoms. The molecule has 5 nitrogen and oxygen atoms in total. The van der Waals surface area contributed by atoms with Gasteiger partial charge in [0.15, 0.2) is 11.6 Å². The predicted octanol–water partition coefficient (Wildman–Crippen LogP) is 3.87. The standard InChI is InChI=1S/C21H26FNO4/c1-26-18-11-10-14(13-16(18)22)20(24)19(21(25)27-2)17-9-6-12-23(17)15-7-4-3-5-8-15/h10-11,13,15H,3-9,12H2,1-2H3/b19-17+. The fourth-order valence-corrected chi connectivity index (χ4v) is 4.16. The van der Waals surface area contributed by atoms with Gasteiger partial charge in [-0.2, -0.15) is 0 Å². The molecule has 3 rings (SSSR count). The lowest BCUT2D eigenvalue weighted by molar-refractivity contribution is -0.135. The number of benzene rings is 1. The second kappa shape index (κ2) is 8.55. The van der Waals surface area contributed by atoms with E-state index in [0.717, 1.165) is 37.6 Å². The third-order valence-corrected chi connectivity index (χ3v) is 5.49. The highest BCUT2D eigenvalue weighted by atomic mass is 19.1. The van der Waals surface area contributed by atoms with E-state index in [1.54, 1.807) is 0 Å². The van der Waals surface area contributed by atoms with Crippen molar-refractivity contribution in [2.75, 3.05) is 20.8 Å². The van der Waals surface area contributed by atoms with Crippen molar-refractivity contribution in [3.05, 3.63) is 40.8 Å². The van der Waals surface area contributed by atoms with E-state index in [1.807, 2.05) is 0 Å². The number of hydrogen-bond acceptors (Lipinski definition) is 5. The average Bonchev–Trinajstić information content (AvgIpc) is 3.17. The normalized spacial score (nSPS) is 19.7. The van der Waals surface area contributed by atoms with Gasteiger partial charge in [-0.25, -0.2) is 9.18 Å².